The minimum absolute atomic E-state index is 0.0292. The Labute approximate surface area is 217 Å². The number of aliphatic hydroxyl groups is 3. The molecule has 4 saturated carbocycles. The minimum Gasteiger partial charge on any atom is -0.743 e. The van der Waals surface area contributed by atoms with Gasteiger partial charge < -0.3 is 24.6 Å². The molecule has 0 aromatic carbocycles. The summed E-state index contributed by atoms with van der Waals surface area (Å²) in [6.45, 7) is 4.51. The number of rotatable bonds is 7. The molecule has 0 bridgehead atoms. The van der Waals surface area contributed by atoms with Gasteiger partial charge in [-0.1, -0.05) is 20.8 Å². The van der Waals surface area contributed by atoms with Crippen molar-refractivity contribution in [2.24, 2.45) is 46.3 Å². The third-order valence-electron chi connectivity index (χ3n) is 11.1. The highest BCUT2D eigenvalue weighted by molar-refractivity contribution is 7.86. The van der Waals surface area contributed by atoms with E-state index in [4.69, 9.17) is 0 Å². The summed E-state index contributed by atoms with van der Waals surface area (Å²) in [6.07, 6.45) is 3.92. The third-order valence-corrected chi connectivity index (χ3v) is 11.9. The first-order valence-corrected chi connectivity index (χ1v) is 15.0. The van der Waals surface area contributed by atoms with Gasteiger partial charge in [0, 0.05) is 6.42 Å². The van der Waals surface area contributed by atoms with Crippen molar-refractivity contribution in [2.75, 3.05) is 6.61 Å². The minimum atomic E-state index is -5.92. The maximum atomic E-state index is 13.3. The predicted octanol–water partition coefficient (Wildman–Crippen LogP) is 3.05. The average Bonchev–Trinajstić information content (AvgIpc) is 3.16. The number of fused-ring (bicyclic) bond motifs is 5. The molecule has 8 nitrogen and oxygen atoms in total. The molecular weight excluding hydrogens is 510 g/mol. The summed E-state index contributed by atoms with van der Waals surface area (Å²) in [7, 11) is -5.92. The number of esters is 1. The molecule has 0 radical (unpaired) electrons. The van der Waals surface area contributed by atoms with E-state index in [1.165, 1.54) is 0 Å². The number of hydrogen-bond donors (Lipinski definition) is 3. The van der Waals surface area contributed by atoms with Crippen molar-refractivity contribution in [1.82, 2.24) is 0 Å². The van der Waals surface area contributed by atoms with Crippen molar-refractivity contribution >= 4 is 16.1 Å². The van der Waals surface area contributed by atoms with Crippen LogP contribution in [0.5, 0.6) is 0 Å². The Morgan fingerprint density at radius 3 is 2.43 bits per heavy atom. The van der Waals surface area contributed by atoms with Crippen LogP contribution in [0, 0.1) is 46.3 Å². The summed E-state index contributed by atoms with van der Waals surface area (Å²) in [4.78, 5) is 12.0. The Morgan fingerprint density at radius 1 is 1.11 bits per heavy atom. The average molecular weight is 552 g/mol. The van der Waals surface area contributed by atoms with Gasteiger partial charge in [-0.2, -0.15) is 8.78 Å². The van der Waals surface area contributed by atoms with Crippen LogP contribution in [-0.2, 0) is 19.6 Å². The SMILES string of the molecule is C[C@H](CCC(=O)OCC(F)(F)S(=O)(=O)[O-])[C@H]1CC[C@H]2[C@@H]3C(O)C[C@@H]4CC(O)CC[C@]4(C)[C@H]3CC(O)[C@]12C. The van der Waals surface area contributed by atoms with Crippen LogP contribution >= 0.6 is 0 Å². The lowest BCUT2D eigenvalue weighted by molar-refractivity contribution is -0.207. The van der Waals surface area contributed by atoms with Crippen LogP contribution in [-0.4, -0.2) is 64.4 Å². The maximum absolute atomic E-state index is 13.3. The number of hydrogen-bond acceptors (Lipinski definition) is 8. The standard InChI is InChI=1S/C26H42F2O8S/c1-14(4-7-22(32)36-13-26(27,28)37(33,34)35)17-5-6-18-23-19(12-21(31)25(17,18)3)24(2)9-8-16(29)10-15(24)11-20(23)30/h14-21,23,29-31H,4-13H2,1-3H3,(H,33,34,35)/p-1/t14-,15+,16?,17-,18+,19+,20?,21?,23+,24+,25-/m1/s1. The fourth-order valence-corrected chi connectivity index (χ4v) is 9.19. The summed E-state index contributed by atoms with van der Waals surface area (Å²) in [5, 5.41) is 28.5. The molecular formula is C26H41F2O8S-. The van der Waals surface area contributed by atoms with Gasteiger partial charge in [-0.25, -0.2) is 8.42 Å². The summed E-state index contributed by atoms with van der Waals surface area (Å²) in [6, 6.07) is 0. The molecule has 4 aliphatic rings. The van der Waals surface area contributed by atoms with Crippen LogP contribution in [0.4, 0.5) is 8.78 Å². The Hall–Kier alpha value is -0.880. The van der Waals surface area contributed by atoms with Crippen molar-refractivity contribution in [1.29, 1.82) is 0 Å². The second-order valence-electron chi connectivity index (χ2n) is 12.8. The van der Waals surface area contributed by atoms with Crippen molar-refractivity contribution in [3.63, 3.8) is 0 Å². The van der Waals surface area contributed by atoms with Gasteiger partial charge in [-0.05, 0) is 97.7 Å². The molecule has 0 aliphatic heterocycles. The largest absolute Gasteiger partial charge is 0.743 e. The molecule has 11 heteroatoms. The van der Waals surface area contributed by atoms with Gasteiger partial charge >= 0.3 is 11.2 Å². The zero-order valence-corrected chi connectivity index (χ0v) is 22.6. The van der Waals surface area contributed by atoms with Gasteiger partial charge in [-0.15, -0.1) is 0 Å². The first-order chi connectivity index (χ1) is 17.0. The lowest BCUT2D eigenvalue weighted by Crippen LogP contribution is -2.62. The molecule has 3 N–H and O–H groups in total. The van der Waals surface area contributed by atoms with Crippen LogP contribution < -0.4 is 0 Å². The second kappa shape index (κ2) is 9.94. The van der Waals surface area contributed by atoms with Gasteiger partial charge in [0.05, 0.1) is 18.3 Å². The lowest BCUT2D eigenvalue weighted by atomic mass is 9.43. The van der Waals surface area contributed by atoms with Crippen molar-refractivity contribution in [3.05, 3.63) is 0 Å². The van der Waals surface area contributed by atoms with Gasteiger partial charge in [-0.3, -0.25) is 4.79 Å². The zero-order valence-electron chi connectivity index (χ0n) is 21.8. The highest BCUT2D eigenvalue weighted by Crippen LogP contribution is 2.68. The molecule has 0 aromatic heterocycles. The molecule has 4 aliphatic carbocycles. The van der Waals surface area contributed by atoms with Crippen LogP contribution in [0.1, 0.15) is 78.6 Å². The van der Waals surface area contributed by atoms with Gasteiger partial charge in [0.15, 0.2) is 16.7 Å². The van der Waals surface area contributed by atoms with E-state index >= 15 is 0 Å². The maximum Gasteiger partial charge on any atom is 0.367 e. The molecule has 4 fully saturated rings. The fourth-order valence-electron chi connectivity index (χ4n) is 8.99. The van der Waals surface area contributed by atoms with E-state index in [1.807, 2.05) is 6.92 Å². The van der Waals surface area contributed by atoms with E-state index in [0.717, 1.165) is 25.7 Å². The molecule has 214 valence electrons. The first kappa shape index (κ1) is 29.1. The summed E-state index contributed by atoms with van der Waals surface area (Å²) < 4.78 is 62.7. The molecule has 4 rings (SSSR count). The Morgan fingerprint density at radius 2 is 1.78 bits per heavy atom. The zero-order chi connectivity index (χ0) is 27.6. The molecule has 11 atom stereocenters. The van der Waals surface area contributed by atoms with Crippen LogP contribution in [0.25, 0.3) is 0 Å². The van der Waals surface area contributed by atoms with Crippen LogP contribution in [0.3, 0.4) is 0 Å². The Kier molecular flexibility index (Phi) is 7.82. The van der Waals surface area contributed by atoms with E-state index in [0.29, 0.717) is 25.7 Å². The lowest BCUT2D eigenvalue weighted by Gasteiger charge is -2.63. The third kappa shape index (κ3) is 4.96. The van der Waals surface area contributed by atoms with Crippen molar-refractivity contribution < 1.29 is 46.6 Å². The quantitative estimate of drug-likeness (QED) is 0.324. The second-order valence-corrected chi connectivity index (χ2v) is 14.3. The van der Waals surface area contributed by atoms with E-state index in [1.54, 1.807) is 0 Å². The van der Waals surface area contributed by atoms with E-state index in [2.05, 4.69) is 18.6 Å². The topological polar surface area (TPSA) is 144 Å². The smallest absolute Gasteiger partial charge is 0.367 e. The molecule has 3 unspecified atom stereocenters. The molecule has 0 spiro atoms. The van der Waals surface area contributed by atoms with E-state index in [-0.39, 0.29) is 53.4 Å². The van der Waals surface area contributed by atoms with Crippen molar-refractivity contribution in [2.45, 2.75) is 102 Å². The summed E-state index contributed by atoms with van der Waals surface area (Å²) in [5.74, 6) is -0.424. The normalized spacial score (nSPS) is 44.9. The predicted molar refractivity (Wildman–Crippen MR) is 128 cm³/mol. The molecule has 0 saturated heterocycles. The number of ether oxygens (including phenoxy) is 1. The first-order valence-electron chi connectivity index (χ1n) is 13.6. The number of carbonyl (C=O) groups excluding carboxylic acids is 1. The number of halogens is 2. The summed E-state index contributed by atoms with van der Waals surface area (Å²) in [5.41, 5.74) is -0.495. The highest BCUT2D eigenvalue weighted by atomic mass is 32.2. The Balaban J connectivity index is 1.43. The molecule has 0 aromatic rings. The monoisotopic (exact) mass is 551 g/mol. The number of carbonyl (C=O) groups is 1. The van der Waals surface area contributed by atoms with E-state index < -0.39 is 45.6 Å². The fraction of sp³-hybridized carbons (Fsp3) is 0.962. The highest BCUT2D eigenvalue weighted by Gasteiger charge is 2.65. The molecule has 0 amide bonds. The van der Waals surface area contributed by atoms with Gasteiger partial charge in [0.2, 0.25) is 0 Å². The number of alkyl halides is 2. The summed E-state index contributed by atoms with van der Waals surface area (Å²) >= 11 is 0. The molecule has 0 heterocycles. The van der Waals surface area contributed by atoms with Crippen LogP contribution in [0.2, 0.25) is 0 Å². The number of aliphatic hydroxyl groups excluding tert-OH is 3. The van der Waals surface area contributed by atoms with E-state index in [9.17, 15) is 41.9 Å². The molecule has 37 heavy (non-hydrogen) atoms. The Bertz CT molecular complexity index is 976. The van der Waals surface area contributed by atoms with Crippen LogP contribution in [0.15, 0.2) is 0 Å². The van der Waals surface area contributed by atoms with Gasteiger partial charge in [0.25, 0.3) is 0 Å². The van der Waals surface area contributed by atoms with Gasteiger partial charge in [0.1, 0.15) is 0 Å². The van der Waals surface area contributed by atoms with Crippen molar-refractivity contribution in [3.8, 4) is 0 Å².